The minimum atomic E-state index is 0.161. The first-order valence-corrected chi connectivity index (χ1v) is 20.4. The molecule has 0 amide bonds. The fourth-order valence-electron chi connectivity index (χ4n) is 9.41. The summed E-state index contributed by atoms with van der Waals surface area (Å²) in [7, 11) is 0. The molecule has 9 aromatic carbocycles. The number of rotatable bonds is 6. The molecule has 0 unspecified atom stereocenters. The summed E-state index contributed by atoms with van der Waals surface area (Å²) in [6.07, 6.45) is 2.42. The van der Waals surface area contributed by atoms with E-state index >= 15 is 0 Å². The predicted octanol–water partition coefficient (Wildman–Crippen LogP) is 16.0. The van der Waals surface area contributed by atoms with Gasteiger partial charge in [-0.05, 0) is 143 Å². The highest BCUT2D eigenvalue weighted by Gasteiger charge is 2.37. The highest BCUT2D eigenvalue weighted by molar-refractivity contribution is 6.14. The molecule has 0 atom stereocenters. The molecular weight excluding hydrogens is 687 g/mol. The van der Waals surface area contributed by atoms with Gasteiger partial charge in [0.1, 0.15) is 0 Å². The number of hydrogen-bond donors (Lipinski definition) is 0. The number of fused-ring (bicyclic) bond motifs is 5. The molecule has 0 saturated heterocycles. The van der Waals surface area contributed by atoms with Gasteiger partial charge in [0.2, 0.25) is 0 Å². The molecule has 9 aromatic rings. The van der Waals surface area contributed by atoms with E-state index in [2.05, 4.69) is 221 Å². The second kappa shape index (κ2) is 13.6. The Hall–Kier alpha value is -6.44. The second-order valence-electron chi connectivity index (χ2n) is 17.2. The van der Waals surface area contributed by atoms with E-state index in [1.54, 1.807) is 0 Å². The molecule has 1 heteroatoms. The number of nitrogens with zero attached hydrogens (tertiary/aromatic N) is 1. The Balaban J connectivity index is 1.12. The normalized spacial score (nSPS) is 14.5. The molecule has 0 bridgehead atoms. The lowest BCUT2D eigenvalue weighted by atomic mass is 9.63. The standard InChI is InChI=1S/C56H47N/c1-55(2)32-33-56(3,4)54-37-40(28-31-53(54)55)38-26-29-44(30-27-38)57(45-19-11-17-41(34-45)48-25-13-16-39-14-5-7-21-47(39)48)46-20-12-18-42(35-46)52-36-43-15-6-8-22-49(43)50-23-9-10-24-51(50)52/h5-31,34-37H,32-33H2,1-4H3. The Kier molecular flexibility index (Phi) is 8.38. The average Bonchev–Trinajstić information content (AvgIpc) is 3.25. The largest absolute Gasteiger partial charge is 0.310 e. The quantitative estimate of drug-likeness (QED) is 0.154. The van der Waals surface area contributed by atoms with Crippen molar-refractivity contribution in [2.24, 2.45) is 0 Å². The van der Waals surface area contributed by atoms with Gasteiger partial charge in [-0.3, -0.25) is 0 Å². The molecule has 276 valence electrons. The molecule has 0 aromatic heterocycles. The predicted molar refractivity (Wildman–Crippen MR) is 245 cm³/mol. The summed E-state index contributed by atoms with van der Waals surface area (Å²) in [4.78, 5) is 2.42. The third kappa shape index (κ3) is 6.19. The van der Waals surface area contributed by atoms with Crippen molar-refractivity contribution in [1.82, 2.24) is 0 Å². The van der Waals surface area contributed by atoms with E-state index < -0.39 is 0 Å². The molecule has 0 heterocycles. The van der Waals surface area contributed by atoms with Crippen LogP contribution in [0, 0.1) is 0 Å². The third-order valence-corrected chi connectivity index (χ3v) is 12.7. The third-order valence-electron chi connectivity index (χ3n) is 12.7. The zero-order valence-corrected chi connectivity index (χ0v) is 33.3. The van der Waals surface area contributed by atoms with E-state index in [0.717, 1.165) is 17.1 Å². The van der Waals surface area contributed by atoms with Crippen LogP contribution in [0.5, 0.6) is 0 Å². The molecule has 57 heavy (non-hydrogen) atoms. The molecule has 0 spiro atoms. The summed E-state index contributed by atoms with van der Waals surface area (Å²) in [5.74, 6) is 0. The van der Waals surface area contributed by atoms with Gasteiger partial charge in [-0.1, -0.05) is 173 Å². The lowest BCUT2D eigenvalue weighted by molar-refractivity contribution is 0.332. The molecule has 1 nitrogen and oxygen atoms in total. The zero-order chi connectivity index (χ0) is 38.7. The van der Waals surface area contributed by atoms with Crippen molar-refractivity contribution < 1.29 is 0 Å². The molecule has 0 fully saturated rings. The van der Waals surface area contributed by atoms with Crippen molar-refractivity contribution in [1.29, 1.82) is 0 Å². The van der Waals surface area contributed by atoms with Crippen LogP contribution < -0.4 is 4.90 Å². The number of anilines is 3. The van der Waals surface area contributed by atoms with Crippen molar-refractivity contribution in [2.75, 3.05) is 4.90 Å². The van der Waals surface area contributed by atoms with E-state index in [9.17, 15) is 0 Å². The van der Waals surface area contributed by atoms with Crippen LogP contribution in [-0.4, -0.2) is 0 Å². The van der Waals surface area contributed by atoms with Crippen LogP contribution in [-0.2, 0) is 10.8 Å². The molecular formula is C56H47N. The molecule has 0 radical (unpaired) electrons. The first-order valence-electron chi connectivity index (χ1n) is 20.4. The molecule has 10 rings (SSSR count). The van der Waals surface area contributed by atoms with Crippen LogP contribution in [0.15, 0.2) is 188 Å². The summed E-state index contributed by atoms with van der Waals surface area (Å²) in [5, 5.41) is 7.58. The van der Waals surface area contributed by atoms with Crippen LogP contribution in [0.2, 0.25) is 0 Å². The monoisotopic (exact) mass is 733 g/mol. The molecule has 1 aliphatic carbocycles. The van der Waals surface area contributed by atoms with E-state index in [1.807, 2.05) is 0 Å². The maximum absolute atomic E-state index is 2.47. The Morgan fingerprint density at radius 3 is 1.60 bits per heavy atom. The minimum Gasteiger partial charge on any atom is -0.310 e. The van der Waals surface area contributed by atoms with Gasteiger partial charge < -0.3 is 4.90 Å². The first kappa shape index (κ1) is 35.0. The van der Waals surface area contributed by atoms with Gasteiger partial charge in [0.15, 0.2) is 0 Å². The van der Waals surface area contributed by atoms with Crippen molar-refractivity contribution in [3.05, 3.63) is 199 Å². The minimum absolute atomic E-state index is 0.161. The van der Waals surface area contributed by atoms with Crippen LogP contribution in [0.1, 0.15) is 51.7 Å². The lowest BCUT2D eigenvalue weighted by Crippen LogP contribution is -2.33. The van der Waals surface area contributed by atoms with Crippen molar-refractivity contribution in [3.8, 4) is 33.4 Å². The molecule has 1 aliphatic rings. The topological polar surface area (TPSA) is 3.24 Å². The maximum Gasteiger partial charge on any atom is 0.0467 e. The fourth-order valence-corrected chi connectivity index (χ4v) is 9.41. The van der Waals surface area contributed by atoms with Crippen LogP contribution >= 0.6 is 0 Å². The molecule has 0 aliphatic heterocycles. The average molecular weight is 734 g/mol. The van der Waals surface area contributed by atoms with Crippen molar-refractivity contribution >= 4 is 49.4 Å². The summed E-state index contributed by atoms with van der Waals surface area (Å²) in [6.45, 7) is 9.62. The van der Waals surface area contributed by atoms with E-state index in [0.29, 0.717) is 0 Å². The Bertz CT molecular complexity index is 2960. The van der Waals surface area contributed by atoms with Gasteiger partial charge >= 0.3 is 0 Å². The van der Waals surface area contributed by atoms with Gasteiger partial charge in [-0.25, -0.2) is 0 Å². The Morgan fingerprint density at radius 2 is 0.877 bits per heavy atom. The van der Waals surface area contributed by atoms with E-state index in [-0.39, 0.29) is 10.8 Å². The highest BCUT2D eigenvalue weighted by Crippen LogP contribution is 2.47. The SMILES string of the molecule is CC1(C)CCC(C)(C)c2cc(-c3ccc(N(c4cccc(-c5cccc6ccccc56)c4)c4cccc(-c5cc6ccccc6c6ccccc56)c4)cc3)ccc21. The second-order valence-corrected chi connectivity index (χ2v) is 17.2. The smallest absolute Gasteiger partial charge is 0.0467 e. The fraction of sp³-hybridized carbons (Fsp3) is 0.143. The van der Waals surface area contributed by atoms with Gasteiger partial charge in [-0.2, -0.15) is 0 Å². The van der Waals surface area contributed by atoms with Crippen LogP contribution in [0.4, 0.5) is 17.1 Å². The van der Waals surface area contributed by atoms with Gasteiger partial charge in [-0.15, -0.1) is 0 Å². The van der Waals surface area contributed by atoms with E-state index in [4.69, 9.17) is 0 Å². The van der Waals surface area contributed by atoms with Gasteiger partial charge in [0, 0.05) is 17.1 Å². The van der Waals surface area contributed by atoms with Crippen molar-refractivity contribution in [2.45, 2.75) is 51.4 Å². The number of benzene rings is 9. The van der Waals surface area contributed by atoms with Gasteiger partial charge in [0.05, 0.1) is 0 Å². The van der Waals surface area contributed by atoms with Gasteiger partial charge in [0.25, 0.3) is 0 Å². The molecule has 0 N–H and O–H groups in total. The summed E-state index contributed by atoms with van der Waals surface area (Å²) < 4.78 is 0. The van der Waals surface area contributed by atoms with Crippen LogP contribution in [0.3, 0.4) is 0 Å². The van der Waals surface area contributed by atoms with Crippen molar-refractivity contribution in [3.63, 3.8) is 0 Å². The lowest BCUT2D eigenvalue weighted by Gasteiger charge is -2.42. The number of hydrogen-bond acceptors (Lipinski definition) is 1. The summed E-state index contributed by atoms with van der Waals surface area (Å²) in [5.41, 5.74) is 14.1. The molecule has 0 saturated carbocycles. The summed E-state index contributed by atoms with van der Waals surface area (Å²) >= 11 is 0. The van der Waals surface area contributed by atoms with E-state index in [1.165, 1.54) is 89.7 Å². The highest BCUT2D eigenvalue weighted by atomic mass is 15.1. The van der Waals surface area contributed by atoms with Crippen LogP contribution in [0.25, 0.3) is 65.7 Å². The zero-order valence-electron chi connectivity index (χ0n) is 33.3. The Labute approximate surface area is 336 Å². The summed E-state index contributed by atoms with van der Waals surface area (Å²) in [6, 6.07) is 69.7. The first-order chi connectivity index (χ1) is 27.7. The maximum atomic E-state index is 2.47. The Morgan fingerprint density at radius 1 is 0.333 bits per heavy atom.